The van der Waals surface area contributed by atoms with Crippen LogP contribution in [0, 0.1) is 5.92 Å². The summed E-state index contributed by atoms with van der Waals surface area (Å²) in [5.41, 5.74) is 6.98. The van der Waals surface area contributed by atoms with Crippen molar-refractivity contribution in [2.75, 3.05) is 37.5 Å². The van der Waals surface area contributed by atoms with Gasteiger partial charge in [-0.2, -0.15) is 0 Å². The number of nitrogens with one attached hydrogen (secondary N) is 1. The van der Waals surface area contributed by atoms with E-state index in [4.69, 9.17) is 15.2 Å². The maximum atomic E-state index is 11.8. The van der Waals surface area contributed by atoms with Gasteiger partial charge in [-0.3, -0.25) is 4.79 Å². The zero-order valence-electron chi connectivity index (χ0n) is 11.2. The van der Waals surface area contributed by atoms with Crippen LogP contribution in [0.5, 0.6) is 0 Å². The van der Waals surface area contributed by atoms with Gasteiger partial charge in [0, 0.05) is 23.4 Å². The number of hydrogen-bond donors (Lipinski definition) is 2. The Balaban J connectivity index is 1.72. The second-order valence-electron chi connectivity index (χ2n) is 4.86. The van der Waals surface area contributed by atoms with Crippen LogP contribution in [0.15, 0.2) is 22.7 Å². The molecule has 1 saturated heterocycles. The third kappa shape index (κ3) is 4.77. The lowest BCUT2D eigenvalue weighted by molar-refractivity contribution is -0.121. The lowest BCUT2D eigenvalue weighted by atomic mass is 10.0. The molecule has 0 aromatic heterocycles. The number of halogens is 1. The third-order valence-corrected chi connectivity index (χ3v) is 3.85. The van der Waals surface area contributed by atoms with E-state index < -0.39 is 0 Å². The van der Waals surface area contributed by atoms with Gasteiger partial charge in [0.05, 0.1) is 12.3 Å². The molecule has 1 amide bonds. The standard InChI is InChI=1S/C14H19BrN2O3/c15-12-7-11(16)1-2-13(12)17-14(18)9-20-8-10-3-5-19-6-4-10/h1-2,7,10H,3-6,8-9,16H2,(H,17,18). The Morgan fingerprint density at radius 1 is 1.45 bits per heavy atom. The smallest absolute Gasteiger partial charge is 0.250 e. The number of ether oxygens (including phenoxy) is 2. The van der Waals surface area contributed by atoms with Crippen molar-refractivity contribution in [3.8, 4) is 0 Å². The SMILES string of the molecule is Nc1ccc(NC(=O)COCC2CCOCC2)c(Br)c1. The first-order valence-corrected chi connectivity index (χ1v) is 7.45. The number of rotatable bonds is 5. The van der Waals surface area contributed by atoms with Gasteiger partial charge < -0.3 is 20.5 Å². The number of benzene rings is 1. The van der Waals surface area contributed by atoms with E-state index in [9.17, 15) is 4.79 Å². The summed E-state index contributed by atoms with van der Waals surface area (Å²) in [6, 6.07) is 5.25. The van der Waals surface area contributed by atoms with Crippen molar-refractivity contribution in [1.82, 2.24) is 0 Å². The number of nitrogens with two attached hydrogens (primary N) is 1. The van der Waals surface area contributed by atoms with Crippen LogP contribution in [0.1, 0.15) is 12.8 Å². The van der Waals surface area contributed by atoms with Crippen molar-refractivity contribution in [1.29, 1.82) is 0 Å². The van der Waals surface area contributed by atoms with Gasteiger partial charge in [-0.05, 0) is 52.9 Å². The van der Waals surface area contributed by atoms with Crippen LogP contribution in [-0.4, -0.2) is 32.3 Å². The largest absolute Gasteiger partial charge is 0.399 e. The Kier molecular flexibility index (Phi) is 5.82. The van der Waals surface area contributed by atoms with Gasteiger partial charge in [0.25, 0.3) is 0 Å². The van der Waals surface area contributed by atoms with E-state index in [1.807, 2.05) is 0 Å². The summed E-state index contributed by atoms with van der Waals surface area (Å²) in [5, 5.41) is 2.78. The molecule has 2 rings (SSSR count). The first kappa shape index (κ1) is 15.3. The van der Waals surface area contributed by atoms with Gasteiger partial charge in [0.15, 0.2) is 0 Å². The molecule has 0 unspecified atom stereocenters. The summed E-state index contributed by atoms with van der Waals surface area (Å²) in [6.45, 7) is 2.26. The number of hydrogen-bond acceptors (Lipinski definition) is 4. The molecule has 3 N–H and O–H groups in total. The van der Waals surface area contributed by atoms with Crippen molar-refractivity contribution in [2.45, 2.75) is 12.8 Å². The Morgan fingerprint density at radius 2 is 2.20 bits per heavy atom. The van der Waals surface area contributed by atoms with Crippen LogP contribution in [0.2, 0.25) is 0 Å². The van der Waals surface area contributed by atoms with Gasteiger partial charge in [-0.1, -0.05) is 0 Å². The third-order valence-electron chi connectivity index (χ3n) is 3.19. The average molecular weight is 343 g/mol. The lowest BCUT2D eigenvalue weighted by Crippen LogP contribution is -2.24. The highest BCUT2D eigenvalue weighted by Gasteiger charge is 2.14. The molecule has 0 aliphatic carbocycles. The molecule has 110 valence electrons. The average Bonchev–Trinajstić information content (AvgIpc) is 2.43. The van der Waals surface area contributed by atoms with Gasteiger partial charge in [0.2, 0.25) is 5.91 Å². The van der Waals surface area contributed by atoms with Gasteiger partial charge >= 0.3 is 0 Å². The van der Waals surface area contributed by atoms with E-state index in [0.29, 0.717) is 23.9 Å². The quantitative estimate of drug-likeness (QED) is 0.806. The van der Waals surface area contributed by atoms with Crippen LogP contribution >= 0.6 is 15.9 Å². The van der Waals surface area contributed by atoms with E-state index >= 15 is 0 Å². The fourth-order valence-electron chi connectivity index (χ4n) is 2.05. The van der Waals surface area contributed by atoms with Crippen LogP contribution in [0.25, 0.3) is 0 Å². The number of nitrogen functional groups attached to an aromatic ring is 1. The molecule has 1 aliphatic rings. The summed E-state index contributed by atoms with van der Waals surface area (Å²) in [5.74, 6) is 0.336. The highest BCUT2D eigenvalue weighted by molar-refractivity contribution is 9.10. The zero-order chi connectivity index (χ0) is 14.4. The molecule has 6 heteroatoms. The van der Waals surface area contributed by atoms with Crippen molar-refractivity contribution in [3.05, 3.63) is 22.7 Å². The Hall–Kier alpha value is -1.11. The lowest BCUT2D eigenvalue weighted by Gasteiger charge is -2.21. The van der Waals surface area contributed by atoms with E-state index in [1.54, 1.807) is 18.2 Å². The summed E-state index contributed by atoms with van der Waals surface area (Å²) in [7, 11) is 0. The van der Waals surface area contributed by atoms with Crippen molar-refractivity contribution >= 4 is 33.2 Å². The number of amides is 1. The summed E-state index contributed by atoms with van der Waals surface area (Å²) in [4.78, 5) is 11.8. The molecule has 0 radical (unpaired) electrons. The monoisotopic (exact) mass is 342 g/mol. The molecule has 5 nitrogen and oxygen atoms in total. The minimum absolute atomic E-state index is 0.0637. The molecular formula is C14H19BrN2O3. The van der Waals surface area contributed by atoms with Crippen LogP contribution < -0.4 is 11.1 Å². The first-order chi connectivity index (χ1) is 9.65. The summed E-state index contributed by atoms with van der Waals surface area (Å²) < 4.78 is 11.5. The topological polar surface area (TPSA) is 73.6 Å². The summed E-state index contributed by atoms with van der Waals surface area (Å²) >= 11 is 3.36. The predicted octanol–water partition coefficient (Wildman–Crippen LogP) is 2.41. The van der Waals surface area contributed by atoms with E-state index in [2.05, 4.69) is 21.2 Å². The molecule has 1 heterocycles. The Morgan fingerprint density at radius 3 is 2.90 bits per heavy atom. The molecular weight excluding hydrogens is 324 g/mol. The summed E-state index contributed by atoms with van der Waals surface area (Å²) in [6.07, 6.45) is 2.01. The van der Waals surface area contributed by atoms with Crippen LogP contribution in [0.4, 0.5) is 11.4 Å². The first-order valence-electron chi connectivity index (χ1n) is 6.65. The van der Waals surface area contributed by atoms with E-state index in [1.165, 1.54) is 0 Å². The highest BCUT2D eigenvalue weighted by atomic mass is 79.9. The number of carbonyl (C=O) groups excluding carboxylic acids is 1. The molecule has 1 aliphatic heterocycles. The maximum absolute atomic E-state index is 11.8. The number of anilines is 2. The molecule has 20 heavy (non-hydrogen) atoms. The normalized spacial score (nSPS) is 16.1. The minimum Gasteiger partial charge on any atom is -0.399 e. The molecule has 0 saturated carbocycles. The van der Waals surface area contributed by atoms with E-state index in [-0.39, 0.29) is 12.5 Å². The van der Waals surface area contributed by atoms with Gasteiger partial charge in [-0.15, -0.1) is 0 Å². The Labute approximate surface area is 126 Å². The fourth-order valence-corrected chi connectivity index (χ4v) is 2.55. The highest BCUT2D eigenvalue weighted by Crippen LogP contribution is 2.24. The molecule has 1 aromatic carbocycles. The van der Waals surface area contributed by atoms with Gasteiger partial charge in [-0.25, -0.2) is 0 Å². The minimum atomic E-state index is -0.164. The van der Waals surface area contributed by atoms with Crippen molar-refractivity contribution in [2.24, 2.45) is 5.92 Å². The second-order valence-corrected chi connectivity index (χ2v) is 5.71. The second kappa shape index (κ2) is 7.61. The fraction of sp³-hybridized carbons (Fsp3) is 0.500. The van der Waals surface area contributed by atoms with Crippen LogP contribution in [-0.2, 0) is 14.3 Å². The zero-order valence-corrected chi connectivity index (χ0v) is 12.8. The van der Waals surface area contributed by atoms with E-state index in [0.717, 1.165) is 30.5 Å². The predicted molar refractivity (Wildman–Crippen MR) is 81.5 cm³/mol. The van der Waals surface area contributed by atoms with Crippen LogP contribution in [0.3, 0.4) is 0 Å². The van der Waals surface area contributed by atoms with Crippen molar-refractivity contribution < 1.29 is 14.3 Å². The molecule has 1 aromatic rings. The molecule has 0 atom stereocenters. The Bertz CT molecular complexity index is 462. The molecule has 1 fully saturated rings. The van der Waals surface area contributed by atoms with Crippen molar-refractivity contribution in [3.63, 3.8) is 0 Å². The number of carbonyl (C=O) groups is 1. The maximum Gasteiger partial charge on any atom is 0.250 e. The van der Waals surface area contributed by atoms with Gasteiger partial charge in [0.1, 0.15) is 6.61 Å². The molecule has 0 bridgehead atoms. The molecule has 0 spiro atoms.